The van der Waals surface area contributed by atoms with Crippen molar-refractivity contribution < 1.29 is 9.13 Å². The third-order valence-electron chi connectivity index (χ3n) is 5.57. The SMILES string of the molecule is Cc1nc(C)c(F)c(OCC2CCN(c3ncnc4c3CCCC4)CC2)n1. The van der Waals surface area contributed by atoms with Crippen LogP contribution in [0.1, 0.15) is 48.5 Å². The zero-order valence-electron chi connectivity index (χ0n) is 16.0. The van der Waals surface area contributed by atoms with Crippen molar-refractivity contribution in [3.63, 3.8) is 0 Å². The number of hydrogen-bond acceptors (Lipinski definition) is 6. The van der Waals surface area contributed by atoms with Crippen molar-refractivity contribution in [3.05, 3.63) is 34.9 Å². The Morgan fingerprint density at radius 1 is 1.11 bits per heavy atom. The summed E-state index contributed by atoms with van der Waals surface area (Å²) in [5, 5.41) is 0. The third kappa shape index (κ3) is 3.87. The Balaban J connectivity index is 1.36. The highest BCUT2D eigenvalue weighted by Crippen LogP contribution is 2.30. The summed E-state index contributed by atoms with van der Waals surface area (Å²) in [6, 6.07) is 0. The molecule has 2 aliphatic rings. The summed E-state index contributed by atoms with van der Waals surface area (Å²) >= 11 is 0. The van der Waals surface area contributed by atoms with Crippen LogP contribution < -0.4 is 9.64 Å². The number of aromatic nitrogens is 4. The Bertz CT molecular complexity index is 820. The van der Waals surface area contributed by atoms with E-state index in [-0.39, 0.29) is 5.88 Å². The first-order valence-corrected chi connectivity index (χ1v) is 9.83. The molecule has 6 nitrogen and oxygen atoms in total. The first kappa shape index (κ1) is 18.1. The van der Waals surface area contributed by atoms with E-state index < -0.39 is 5.82 Å². The fourth-order valence-corrected chi connectivity index (χ4v) is 4.05. The molecular formula is C20H26FN5O. The van der Waals surface area contributed by atoms with Crippen LogP contribution in [0, 0.1) is 25.6 Å². The minimum atomic E-state index is -0.453. The van der Waals surface area contributed by atoms with Crippen LogP contribution >= 0.6 is 0 Å². The Kier molecular flexibility index (Phi) is 5.18. The lowest BCUT2D eigenvalue weighted by atomic mass is 9.94. The van der Waals surface area contributed by atoms with Crippen molar-refractivity contribution in [2.24, 2.45) is 5.92 Å². The number of rotatable bonds is 4. The summed E-state index contributed by atoms with van der Waals surface area (Å²) in [5.41, 5.74) is 2.90. The molecule has 0 atom stereocenters. The van der Waals surface area contributed by atoms with Gasteiger partial charge in [-0.05, 0) is 58.3 Å². The molecular weight excluding hydrogens is 345 g/mol. The van der Waals surface area contributed by atoms with Gasteiger partial charge in [-0.2, -0.15) is 9.37 Å². The molecule has 3 heterocycles. The first-order chi connectivity index (χ1) is 13.1. The minimum absolute atomic E-state index is 0.0762. The number of fused-ring (bicyclic) bond motifs is 1. The van der Waals surface area contributed by atoms with E-state index in [1.807, 2.05) is 0 Å². The minimum Gasteiger partial charge on any atom is -0.475 e. The van der Waals surface area contributed by atoms with Crippen molar-refractivity contribution in [1.29, 1.82) is 0 Å². The molecule has 27 heavy (non-hydrogen) atoms. The smallest absolute Gasteiger partial charge is 0.254 e. The molecule has 0 spiro atoms. The van der Waals surface area contributed by atoms with Gasteiger partial charge in [-0.15, -0.1) is 0 Å². The zero-order valence-corrected chi connectivity index (χ0v) is 16.0. The highest BCUT2D eigenvalue weighted by molar-refractivity contribution is 5.49. The monoisotopic (exact) mass is 371 g/mol. The lowest BCUT2D eigenvalue weighted by Gasteiger charge is -2.34. The first-order valence-electron chi connectivity index (χ1n) is 9.83. The summed E-state index contributed by atoms with van der Waals surface area (Å²) in [6.45, 7) is 5.77. The standard InChI is InChI=1S/C20H26FN5O/c1-13-18(21)20(25-14(2)24-13)27-11-15-7-9-26(10-8-15)19-16-5-3-4-6-17(16)22-12-23-19/h12,15H,3-11H2,1-2H3. The van der Waals surface area contributed by atoms with Gasteiger partial charge in [0.25, 0.3) is 5.88 Å². The van der Waals surface area contributed by atoms with Crippen LogP contribution in [0.25, 0.3) is 0 Å². The van der Waals surface area contributed by atoms with Crippen LogP contribution in [-0.4, -0.2) is 39.6 Å². The number of piperidine rings is 1. The number of hydrogen-bond donors (Lipinski definition) is 0. The predicted molar refractivity (Wildman–Crippen MR) is 101 cm³/mol. The van der Waals surface area contributed by atoms with E-state index in [2.05, 4.69) is 24.8 Å². The molecule has 1 saturated heterocycles. The molecule has 0 saturated carbocycles. The number of halogens is 1. The van der Waals surface area contributed by atoms with Crippen LogP contribution in [-0.2, 0) is 12.8 Å². The van der Waals surface area contributed by atoms with Crippen LogP contribution in [0.3, 0.4) is 0 Å². The largest absolute Gasteiger partial charge is 0.475 e. The van der Waals surface area contributed by atoms with Gasteiger partial charge in [0.1, 0.15) is 18.0 Å². The van der Waals surface area contributed by atoms with Gasteiger partial charge < -0.3 is 9.64 Å². The molecule has 0 amide bonds. The number of anilines is 1. The van der Waals surface area contributed by atoms with Crippen molar-refractivity contribution in [3.8, 4) is 5.88 Å². The quantitative estimate of drug-likeness (QED) is 0.822. The maximum Gasteiger partial charge on any atom is 0.254 e. The molecule has 0 N–H and O–H groups in total. The van der Waals surface area contributed by atoms with Gasteiger partial charge in [0, 0.05) is 24.3 Å². The van der Waals surface area contributed by atoms with Gasteiger partial charge in [-0.3, -0.25) is 0 Å². The highest BCUT2D eigenvalue weighted by atomic mass is 19.1. The second kappa shape index (κ2) is 7.74. The second-order valence-corrected chi connectivity index (χ2v) is 7.55. The molecule has 7 heteroatoms. The average molecular weight is 371 g/mol. The van der Waals surface area contributed by atoms with Gasteiger partial charge in [0.05, 0.1) is 12.3 Å². The molecule has 1 aliphatic carbocycles. The topological polar surface area (TPSA) is 64.0 Å². The normalized spacial score (nSPS) is 17.7. The summed E-state index contributed by atoms with van der Waals surface area (Å²) in [5.74, 6) is 1.67. The van der Waals surface area contributed by atoms with E-state index in [0.717, 1.165) is 44.6 Å². The Labute approximate surface area is 159 Å². The van der Waals surface area contributed by atoms with Crippen LogP contribution in [0.5, 0.6) is 5.88 Å². The van der Waals surface area contributed by atoms with Gasteiger partial charge in [0.15, 0.2) is 0 Å². The van der Waals surface area contributed by atoms with Gasteiger partial charge >= 0.3 is 0 Å². The van der Waals surface area contributed by atoms with Crippen molar-refractivity contribution in [2.45, 2.75) is 52.4 Å². The summed E-state index contributed by atoms with van der Waals surface area (Å²) in [7, 11) is 0. The molecule has 1 aliphatic heterocycles. The number of aryl methyl sites for hydroxylation is 3. The lowest BCUT2D eigenvalue weighted by Crippen LogP contribution is -2.37. The number of nitrogens with zero attached hydrogens (tertiary/aromatic N) is 5. The molecule has 144 valence electrons. The fourth-order valence-electron chi connectivity index (χ4n) is 4.05. The van der Waals surface area contributed by atoms with Crippen molar-refractivity contribution in [2.75, 3.05) is 24.6 Å². The van der Waals surface area contributed by atoms with Crippen molar-refractivity contribution in [1.82, 2.24) is 19.9 Å². The maximum absolute atomic E-state index is 14.1. The number of ether oxygens (including phenoxy) is 1. The maximum atomic E-state index is 14.1. The Hall–Kier alpha value is -2.31. The highest BCUT2D eigenvalue weighted by Gasteiger charge is 2.25. The van der Waals surface area contributed by atoms with E-state index in [1.54, 1.807) is 20.2 Å². The summed E-state index contributed by atoms with van der Waals surface area (Å²) < 4.78 is 19.8. The average Bonchev–Trinajstić information content (AvgIpc) is 2.69. The van der Waals surface area contributed by atoms with E-state index >= 15 is 0 Å². The van der Waals surface area contributed by atoms with E-state index in [9.17, 15) is 4.39 Å². The molecule has 2 aromatic rings. The Morgan fingerprint density at radius 3 is 2.70 bits per heavy atom. The van der Waals surface area contributed by atoms with Gasteiger partial charge in [-0.1, -0.05) is 0 Å². The van der Waals surface area contributed by atoms with E-state index in [1.165, 1.54) is 24.1 Å². The Morgan fingerprint density at radius 2 is 1.89 bits per heavy atom. The molecule has 0 radical (unpaired) electrons. The van der Waals surface area contributed by atoms with Crippen LogP contribution in [0.4, 0.5) is 10.2 Å². The fraction of sp³-hybridized carbons (Fsp3) is 0.600. The van der Waals surface area contributed by atoms with Crippen LogP contribution in [0.2, 0.25) is 0 Å². The van der Waals surface area contributed by atoms with Gasteiger partial charge in [-0.25, -0.2) is 15.0 Å². The molecule has 0 aromatic carbocycles. The zero-order chi connectivity index (χ0) is 18.8. The van der Waals surface area contributed by atoms with E-state index in [0.29, 0.717) is 24.0 Å². The van der Waals surface area contributed by atoms with Crippen LogP contribution in [0.15, 0.2) is 6.33 Å². The van der Waals surface area contributed by atoms with E-state index in [4.69, 9.17) is 4.74 Å². The van der Waals surface area contributed by atoms with Crippen molar-refractivity contribution >= 4 is 5.82 Å². The molecule has 1 fully saturated rings. The van der Waals surface area contributed by atoms with Gasteiger partial charge in [0.2, 0.25) is 5.82 Å². The predicted octanol–water partition coefficient (Wildman–Crippen LogP) is 3.20. The molecule has 0 bridgehead atoms. The summed E-state index contributed by atoms with van der Waals surface area (Å²) in [6.07, 6.45) is 8.31. The molecule has 2 aromatic heterocycles. The second-order valence-electron chi connectivity index (χ2n) is 7.55. The summed E-state index contributed by atoms with van der Waals surface area (Å²) in [4.78, 5) is 19.5. The third-order valence-corrected chi connectivity index (χ3v) is 5.57. The molecule has 0 unspecified atom stereocenters. The molecule has 4 rings (SSSR count). The lowest BCUT2D eigenvalue weighted by molar-refractivity contribution is 0.206.